The number of halogens is 2. The largest absolute Gasteiger partial charge is 0.504 e. The fourth-order valence-corrected chi connectivity index (χ4v) is 1.23. The van der Waals surface area contributed by atoms with E-state index in [2.05, 4.69) is 4.74 Å². The minimum atomic E-state index is -0.563. The first kappa shape index (κ1) is 11.7. The van der Waals surface area contributed by atoms with Crippen molar-refractivity contribution in [2.45, 2.75) is 19.8 Å². The normalized spacial score (nSPS) is 11.3. The monoisotopic (exact) mass is 212 g/mol. The molecule has 15 heavy (non-hydrogen) atoms. The lowest BCUT2D eigenvalue weighted by atomic mass is 10.0. The van der Waals surface area contributed by atoms with Crippen LogP contribution in [0.1, 0.15) is 30.9 Å². The molecule has 0 bridgehead atoms. The maximum atomic E-state index is 13.4. The second-order valence-electron chi connectivity index (χ2n) is 3.59. The van der Waals surface area contributed by atoms with Crippen LogP contribution in [-0.4, -0.2) is 7.11 Å². The van der Waals surface area contributed by atoms with Gasteiger partial charge in [-0.25, -0.2) is 8.78 Å². The Bertz CT molecular complexity index is 347. The van der Waals surface area contributed by atoms with Gasteiger partial charge in [0.15, 0.2) is 0 Å². The van der Waals surface area contributed by atoms with Crippen LogP contribution in [0, 0.1) is 11.6 Å². The van der Waals surface area contributed by atoms with Crippen molar-refractivity contribution in [1.29, 1.82) is 0 Å². The highest BCUT2D eigenvalue weighted by molar-refractivity contribution is 5.51. The van der Waals surface area contributed by atoms with Crippen LogP contribution in [0.2, 0.25) is 0 Å². The molecule has 3 heteroatoms. The Labute approximate surface area is 88.4 Å². The Morgan fingerprint density at radius 2 is 1.73 bits per heavy atom. The summed E-state index contributed by atoms with van der Waals surface area (Å²) in [6.45, 7) is 3.78. The van der Waals surface area contributed by atoms with Crippen molar-refractivity contribution >= 4 is 6.08 Å². The molecular formula is C12H14F2O. The maximum absolute atomic E-state index is 13.4. The van der Waals surface area contributed by atoms with Crippen molar-refractivity contribution in [2.75, 3.05) is 7.11 Å². The number of methoxy groups -OCH3 is 1. The first-order valence-corrected chi connectivity index (χ1v) is 4.74. The van der Waals surface area contributed by atoms with Crippen molar-refractivity contribution in [2.24, 2.45) is 0 Å². The number of hydrogen-bond acceptors (Lipinski definition) is 1. The molecule has 0 spiro atoms. The average molecular weight is 212 g/mol. The van der Waals surface area contributed by atoms with Gasteiger partial charge in [0.2, 0.25) is 0 Å². The van der Waals surface area contributed by atoms with Crippen molar-refractivity contribution in [3.8, 4) is 0 Å². The average Bonchev–Trinajstić information content (AvgIpc) is 2.16. The van der Waals surface area contributed by atoms with Gasteiger partial charge in [-0.2, -0.15) is 0 Å². The molecule has 0 saturated carbocycles. The minimum Gasteiger partial charge on any atom is -0.504 e. The molecule has 0 atom stereocenters. The van der Waals surface area contributed by atoms with Crippen LogP contribution < -0.4 is 0 Å². The smallest absolute Gasteiger partial charge is 0.133 e. The first-order chi connectivity index (χ1) is 7.06. The van der Waals surface area contributed by atoms with Crippen LogP contribution in [-0.2, 0) is 4.74 Å². The molecule has 1 rings (SSSR count). The Hall–Kier alpha value is -1.38. The van der Waals surface area contributed by atoms with E-state index in [1.165, 1.54) is 31.6 Å². The van der Waals surface area contributed by atoms with E-state index >= 15 is 0 Å². The maximum Gasteiger partial charge on any atom is 0.133 e. The molecule has 0 aliphatic rings. The SMILES string of the molecule is COC=Cc1c(F)cc(C(C)C)cc1F. The predicted octanol–water partition coefficient (Wildman–Crippen LogP) is 3.71. The number of benzene rings is 1. The minimum absolute atomic E-state index is 0.0683. The van der Waals surface area contributed by atoms with Gasteiger partial charge in [-0.05, 0) is 29.7 Å². The molecule has 0 saturated heterocycles. The van der Waals surface area contributed by atoms with Crippen molar-refractivity contribution in [3.63, 3.8) is 0 Å². The summed E-state index contributed by atoms with van der Waals surface area (Å²) in [4.78, 5) is 0. The number of rotatable bonds is 3. The van der Waals surface area contributed by atoms with E-state index in [0.29, 0.717) is 5.56 Å². The molecule has 0 unspecified atom stereocenters. The molecular weight excluding hydrogens is 198 g/mol. The van der Waals surface area contributed by atoms with Crippen molar-refractivity contribution < 1.29 is 13.5 Å². The van der Waals surface area contributed by atoms with Crippen molar-refractivity contribution in [1.82, 2.24) is 0 Å². The van der Waals surface area contributed by atoms with Gasteiger partial charge >= 0.3 is 0 Å². The summed E-state index contributed by atoms with van der Waals surface area (Å²) in [5.74, 6) is -1.02. The van der Waals surface area contributed by atoms with Crippen LogP contribution in [0.25, 0.3) is 6.08 Å². The van der Waals surface area contributed by atoms with Gasteiger partial charge in [-0.1, -0.05) is 13.8 Å². The summed E-state index contributed by atoms with van der Waals surface area (Å²) < 4.78 is 31.5. The molecule has 1 aromatic rings. The summed E-state index contributed by atoms with van der Waals surface area (Å²) in [7, 11) is 1.43. The lowest BCUT2D eigenvalue weighted by molar-refractivity contribution is 0.341. The zero-order valence-corrected chi connectivity index (χ0v) is 9.05. The zero-order chi connectivity index (χ0) is 11.4. The third-order valence-electron chi connectivity index (χ3n) is 2.14. The third kappa shape index (κ3) is 2.78. The number of hydrogen-bond donors (Lipinski definition) is 0. The summed E-state index contributed by atoms with van der Waals surface area (Å²) in [6, 6.07) is 2.70. The van der Waals surface area contributed by atoms with Gasteiger partial charge in [-0.3, -0.25) is 0 Å². The van der Waals surface area contributed by atoms with Gasteiger partial charge in [0.25, 0.3) is 0 Å². The quantitative estimate of drug-likeness (QED) is 0.694. The Morgan fingerprint density at radius 1 is 1.20 bits per heavy atom. The van der Waals surface area contributed by atoms with Crippen LogP contribution in [0.15, 0.2) is 18.4 Å². The van der Waals surface area contributed by atoms with E-state index < -0.39 is 11.6 Å². The highest BCUT2D eigenvalue weighted by Gasteiger charge is 2.10. The molecule has 0 N–H and O–H groups in total. The highest BCUT2D eigenvalue weighted by Crippen LogP contribution is 2.22. The molecule has 1 aromatic carbocycles. The lowest BCUT2D eigenvalue weighted by Gasteiger charge is -2.07. The fraction of sp³-hybridized carbons (Fsp3) is 0.333. The highest BCUT2D eigenvalue weighted by atomic mass is 19.1. The topological polar surface area (TPSA) is 9.23 Å². The summed E-state index contributed by atoms with van der Waals surface area (Å²) in [6.07, 6.45) is 2.52. The second kappa shape index (κ2) is 4.91. The molecule has 0 radical (unpaired) electrons. The fourth-order valence-electron chi connectivity index (χ4n) is 1.23. The van der Waals surface area contributed by atoms with Gasteiger partial charge in [0.1, 0.15) is 11.6 Å². The zero-order valence-electron chi connectivity index (χ0n) is 9.05. The summed E-state index contributed by atoms with van der Waals surface area (Å²) in [5.41, 5.74) is 0.584. The first-order valence-electron chi connectivity index (χ1n) is 4.74. The Balaban J connectivity index is 3.15. The molecule has 0 amide bonds. The molecule has 0 heterocycles. The van der Waals surface area contributed by atoms with Crippen molar-refractivity contribution in [3.05, 3.63) is 41.2 Å². The van der Waals surface area contributed by atoms with E-state index in [-0.39, 0.29) is 11.5 Å². The van der Waals surface area contributed by atoms with Gasteiger partial charge in [-0.15, -0.1) is 0 Å². The van der Waals surface area contributed by atoms with E-state index in [1.54, 1.807) is 0 Å². The molecule has 1 nitrogen and oxygen atoms in total. The Kier molecular flexibility index (Phi) is 3.83. The van der Waals surface area contributed by atoms with E-state index in [1.807, 2.05) is 13.8 Å². The van der Waals surface area contributed by atoms with E-state index in [9.17, 15) is 8.78 Å². The molecule has 82 valence electrons. The van der Waals surface area contributed by atoms with Crippen LogP contribution >= 0.6 is 0 Å². The molecule has 0 aromatic heterocycles. The van der Waals surface area contributed by atoms with Gasteiger partial charge < -0.3 is 4.74 Å². The van der Waals surface area contributed by atoms with Gasteiger partial charge in [0, 0.05) is 5.56 Å². The van der Waals surface area contributed by atoms with Crippen LogP contribution in [0.5, 0.6) is 0 Å². The van der Waals surface area contributed by atoms with Crippen LogP contribution in [0.3, 0.4) is 0 Å². The third-order valence-corrected chi connectivity index (χ3v) is 2.14. The van der Waals surface area contributed by atoms with E-state index in [0.717, 1.165) is 0 Å². The second-order valence-corrected chi connectivity index (χ2v) is 3.59. The Morgan fingerprint density at radius 3 is 2.13 bits per heavy atom. The predicted molar refractivity (Wildman–Crippen MR) is 56.5 cm³/mol. The van der Waals surface area contributed by atoms with Gasteiger partial charge in [0.05, 0.1) is 13.4 Å². The molecule has 0 aliphatic heterocycles. The molecule has 0 fully saturated rings. The standard InChI is InChI=1S/C12H14F2O/c1-8(2)9-6-11(13)10(4-5-15-3)12(14)7-9/h4-8H,1-3H3. The summed E-state index contributed by atoms with van der Waals surface area (Å²) >= 11 is 0. The number of ether oxygens (including phenoxy) is 1. The lowest BCUT2D eigenvalue weighted by Crippen LogP contribution is -1.95. The van der Waals surface area contributed by atoms with Crippen LogP contribution in [0.4, 0.5) is 8.78 Å². The molecule has 0 aliphatic carbocycles. The van der Waals surface area contributed by atoms with E-state index in [4.69, 9.17) is 0 Å². The summed E-state index contributed by atoms with van der Waals surface area (Å²) in [5, 5.41) is 0.